The van der Waals surface area contributed by atoms with Crippen molar-refractivity contribution in [1.82, 2.24) is 9.80 Å². The van der Waals surface area contributed by atoms with Crippen LogP contribution in [0.3, 0.4) is 0 Å². The van der Waals surface area contributed by atoms with E-state index in [1.807, 2.05) is 27.7 Å². The molecule has 1 fully saturated rings. The van der Waals surface area contributed by atoms with Crippen molar-refractivity contribution in [1.29, 1.82) is 0 Å². The first-order chi connectivity index (χ1) is 10.4. The third-order valence-electron chi connectivity index (χ3n) is 3.33. The maximum Gasteiger partial charge on any atom is 0.0698 e. The molecule has 0 aromatic carbocycles. The number of ether oxygens (including phenoxy) is 1. The van der Waals surface area contributed by atoms with Crippen molar-refractivity contribution in [3.8, 4) is 0 Å². The Hall–Kier alpha value is 0.528. The predicted octanol–water partition coefficient (Wildman–Crippen LogP) is 2.85. The van der Waals surface area contributed by atoms with Crippen molar-refractivity contribution in [2.45, 2.75) is 53.9 Å². The van der Waals surface area contributed by atoms with Gasteiger partial charge in [0, 0.05) is 53.8 Å². The van der Waals surface area contributed by atoms with Crippen LogP contribution in [0.15, 0.2) is 0 Å². The Bertz CT molecular complexity index is 178. The number of piperazine rings is 1. The molecule has 0 radical (unpaired) electrons. The van der Waals surface area contributed by atoms with E-state index in [9.17, 15) is 0 Å². The van der Waals surface area contributed by atoms with Crippen LogP contribution in [0.4, 0.5) is 0 Å². The van der Waals surface area contributed by atoms with Gasteiger partial charge in [-0.1, -0.05) is 47.5 Å². The molecule has 0 spiro atoms. The summed E-state index contributed by atoms with van der Waals surface area (Å²) in [5.41, 5.74) is 0. The first-order valence-corrected chi connectivity index (χ1v) is 9.00. The molecule has 0 aromatic rings. The van der Waals surface area contributed by atoms with E-state index in [2.05, 4.69) is 16.7 Å². The number of rotatable bonds is 9. The van der Waals surface area contributed by atoms with Crippen molar-refractivity contribution in [3.05, 3.63) is 0 Å². The van der Waals surface area contributed by atoms with E-state index in [1.165, 1.54) is 38.9 Å². The molecule has 0 atom stereocenters. The summed E-state index contributed by atoms with van der Waals surface area (Å²) < 4.78 is 5.29. The van der Waals surface area contributed by atoms with Crippen LogP contribution in [-0.2, 0) is 25.8 Å². The first-order valence-electron chi connectivity index (χ1n) is 9.00. The minimum Gasteiger partial charge on any atom is -0.394 e. The molecule has 1 saturated heterocycles. The van der Waals surface area contributed by atoms with E-state index >= 15 is 0 Å². The van der Waals surface area contributed by atoms with Gasteiger partial charge in [0.1, 0.15) is 0 Å². The Morgan fingerprint density at radius 3 is 1.77 bits per heavy atom. The van der Waals surface area contributed by atoms with Crippen molar-refractivity contribution >= 4 is 0 Å². The first kappa shape index (κ1) is 27.4. The van der Waals surface area contributed by atoms with Gasteiger partial charge in [0.05, 0.1) is 19.8 Å². The Morgan fingerprint density at radius 2 is 1.32 bits per heavy atom. The number of hydrogen-bond acceptors (Lipinski definition) is 4. The number of aliphatic hydroxyl groups excluding tert-OH is 1. The van der Waals surface area contributed by atoms with Gasteiger partial charge in [-0.15, -0.1) is 0 Å². The molecule has 1 rings (SSSR count). The largest absolute Gasteiger partial charge is 0.394 e. The summed E-state index contributed by atoms with van der Waals surface area (Å²) in [6, 6.07) is 0. The summed E-state index contributed by atoms with van der Waals surface area (Å²) in [7, 11) is 0. The number of aliphatic hydroxyl groups is 1. The normalized spacial score (nSPS) is 15.0. The SMILES string of the molecule is CC.CC.CCCCCN1CCN(CCOCCO)CC1.[W]. The van der Waals surface area contributed by atoms with Crippen molar-refractivity contribution in [2.75, 3.05) is 59.1 Å². The van der Waals surface area contributed by atoms with E-state index in [-0.39, 0.29) is 27.7 Å². The zero-order valence-corrected chi connectivity index (χ0v) is 18.6. The average molecular weight is 488 g/mol. The summed E-state index contributed by atoms with van der Waals surface area (Å²) in [6.45, 7) is 18.6. The Morgan fingerprint density at radius 1 is 0.818 bits per heavy atom. The number of unbranched alkanes of at least 4 members (excludes halogenated alkanes) is 2. The van der Waals surface area contributed by atoms with Crippen LogP contribution in [0.25, 0.3) is 0 Å². The van der Waals surface area contributed by atoms with E-state index in [0.29, 0.717) is 6.61 Å². The van der Waals surface area contributed by atoms with Crippen LogP contribution in [0.1, 0.15) is 53.9 Å². The second-order valence-corrected chi connectivity index (χ2v) is 4.73. The van der Waals surface area contributed by atoms with Crippen LogP contribution in [0.5, 0.6) is 0 Å². The molecule has 136 valence electrons. The fraction of sp³-hybridized carbons (Fsp3) is 1.00. The van der Waals surface area contributed by atoms with Crippen LogP contribution in [0, 0.1) is 0 Å². The Balaban J connectivity index is -0.000000665. The van der Waals surface area contributed by atoms with Crippen molar-refractivity contribution in [3.63, 3.8) is 0 Å². The zero-order chi connectivity index (χ0) is 16.3. The Kier molecular flexibility index (Phi) is 29.6. The van der Waals surface area contributed by atoms with Gasteiger partial charge in [0.25, 0.3) is 0 Å². The van der Waals surface area contributed by atoms with Crippen LogP contribution < -0.4 is 0 Å². The molecule has 1 N–H and O–H groups in total. The average Bonchev–Trinajstić information content (AvgIpc) is 2.57. The molecule has 0 unspecified atom stereocenters. The molecular formula is C17H40N2O2W. The summed E-state index contributed by atoms with van der Waals surface area (Å²) in [6.07, 6.45) is 4.01. The van der Waals surface area contributed by atoms with Gasteiger partial charge in [0.2, 0.25) is 0 Å². The predicted molar refractivity (Wildman–Crippen MR) is 93.0 cm³/mol. The fourth-order valence-electron chi connectivity index (χ4n) is 2.18. The maximum atomic E-state index is 8.60. The van der Waals surface area contributed by atoms with Gasteiger partial charge in [-0.2, -0.15) is 0 Å². The van der Waals surface area contributed by atoms with Gasteiger partial charge in [-0.25, -0.2) is 0 Å². The summed E-state index contributed by atoms with van der Waals surface area (Å²) in [5, 5.41) is 8.60. The minimum absolute atomic E-state index is 0. The zero-order valence-electron chi connectivity index (χ0n) is 15.6. The second kappa shape index (κ2) is 23.8. The van der Waals surface area contributed by atoms with Gasteiger partial charge >= 0.3 is 0 Å². The maximum absolute atomic E-state index is 8.60. The molecule has 5 heteroatoms. The third-order valence-corrected chi connectivity index (χ3v) is 3.33. The minimum atomic E-state index is 0. The standard InChI is InChI=1S/C13H28N2O2.2C2H6.W/c1-2-3-4-5-14-6-8-15(9-7-14)10-12-17-13-11-16;2*1-2;/h16H,2-13H2,1H3;2*1-2H3;. The molecule has 1 aliphatic heterocycles. The van der Waals surface area contributed by atoms with Gasteiger partial charge in [-0.05, 0) is 13.0 Å². The molecule has 0 aromatic heterocycles. The second-order valence-electron chi connectivity index (χ2n) is 4.73. The molecular weight excluding hydrogens is 448 g/mol. The molecule has 1 aliphatic rings. The molecule has 0 bridgehead atoms. The van der Waals surface area contributed by atoms with E-state index in [4.69, 9.17) is 9.84 Å². The van der Waals surface area contributed by atoms with Crippen molar-refractivity contribution in [2.24, 2.45) is 0 Å². The third kappa shape index (κ3) is 16.9. The van der Waals surface area contributed by atoms with Crippen LogP contribution in [-0.4, -0.2) is 74.0 Å². The molecule has 0 amide bonds. The number of nitrogens with zero attached hydrogens (tertiary/aromatic N) is 2. The van der Waals surface area contributed by atoms with E-state index < -0.39 is 0 Å². The van der Waals surface area contributed by atoms with Crippen molar-refractivity contribution < 1.29 is 30.9 Å². The smallest absolute Gasteiger partial charge is 0.0698 e. The Labute approximate surface area is 153 Å². The summed E-state index contributed by atoms with van der Waals surface area (Å²) in [4.78, 5) is 5.02. The van der Waals surface area contributed by atoms with Crippen LogP contribution >= 0.6 is 0 Å². The van der Waals surface area contributed by atoms with E-state index in [1.54, 1.807) is 0 Å². The van der Waals surface area contributed by atoms with Gasteiger partial charge in [-0.3, -0.25) is 4.90 Å². The van der Waals surface area contributed by atoms with Crippen LogP contribution in [0.2, 0.25) is 0 Å². The topological polar surface area (TPSA) is 35.9 Å². The quantitative estimate of drug-likeness (QED) is 0.507. The molecule has 0 aliphatic carbocycles. The molecule has 4 nitrogen and oxygen atoms in total. The summed E-state index contributed by atoms with van der Waals surface area (Å²) >= 11 is 0. The van der Waals surface area contributed by atoms with E-state index in [0.717, 1.165) is 26.2 Å². The summed E-state index contributed by atoms with van der Waals surface area (Å²) in [5.74, 6) is 0. The number of hydrogen-bond donors (Lipinski definition) is 1. The van der Waals surface area contributed by atoms with Gasteiger partial charge < -0.3 is 14.7 Å². The monoisotopic (exact) mass is 488 g/mol. The fourth-order valence-corrected chi connectivity index (χ4v) is 2.18. The van der Waals surface area contributed by atoms with Gasteiger partial charge in [0.15, 0.2) is 0 Å². The molecule has 1 heterocycles. The molecule has 22 heavy (non-hydrogen) atoms. The molecule has 0 saturated carbocycles.